The third-order valence-corrected chi connectivity index (χ3v) is 2.85. The van der Waals surface area contributed by atoms with Crippen LogP contribution in [0, 0.1) is 0 Å². The lowest BCUT2D eigenvalue weighted by Crippen LogP contribution is -2.04. The molecule has 2 N–H and O–H groups in total. The molecular formula is C14H19N3. The van der Waals surface area contributed by atoms with Gasteiger partial charge in [0.1, 0.15) is 5.82 Å². The summed E-state index contributed by atoms with van der Waals surface area (Å²) in [4.78, 5) is 7.69. The maximum Gasteiger partial charge on any atom is 0.137 e. The number of hydrogen-bond acceptors (Lipinski definition) is 2. The molecule has 3 nitrogen and oxygen atoms in total. The van der Waals surface area contributed by atoms with E-state index in [-0.39, 0.29) is 0 Å². The first-order valence-corrected chi connectivity index (χ1v) is 5.99. The van der Waals surface area contributed by atoms with Crippen LogP contribution in [0.2, 0.25) is 0 Å². The highest BCUT2D eigenvalue weighted by molar-refractivity contribution is 5.55. The van der Waals surface area contributed by atoms with E-state index < -0.39 is 0 Å². The number of rotatable bonds is 4. The molecule has 0 radical (unpaired) electrons. The largest absolute Gasteiger partial charge is 0.341 e. The maximum atomic E-state index is 4.38. The van der Waals surface area contributed by atoms with Gasteiger partial charge in [0.25, 0.3) is 0 Å². The third kappa shape index (κ3) is 2.74. The number of imidazole rings is 1. The number of H-pyrrole nitrogens is 1. The topological polar surface area (TPSA) is 40.7 Å². The zero-order valence-corrected chi connectivity index (χ0v) is 10.6. The van der Waals surface area contributed by atoms with E-state index in [4.69, 9.17) is 0 Å². The second kappa shape index (κ2) is 5.15. The molecule has 1 heterocycles. The fourth-order valence-electron chi connectivity index (χ4n) is 1.81. The van der Waals surface area contributed by atoms with E-state index in [0.717, 1.165) is 23.6 Å². The van der Waals surface area contributed by atoms with Crippen LogP contribution in [0.15, 0.2) is 30.5 Å². The van der Waals surface area contributed by atoms with E-state index in [2.05, 4.69) is 53.4 Å². The Hall–Kier alpha value is -1.61. The molecule has 90 valence electrons. The van der Waals surface area contributed by atoms with Gasteiger partial charge in [-0.3, -0.25) is 0 Å². The second-order valence-corrected chi connectivity index (χ2v) is 4.56. The molecule has 0 aliphatic heterocycles. The van der Waals surface area contributed by atoms with Crippen molar-refractivity contribution >= 4 is 0 Å². The Bertz CT molecular complexity index is 468. The quantitative estimate of drug-likeness (QED) is 0.846. The lowest BCUT2D eigenvalue weighted by Gasteiger charge is -2.05. The van der Waals surface area contributed by atoms with Crippen molar-refractivity contribution in [2.45, 2.75) is 26.3 Å². The van der Waals surface area contributed by atoms with Crippen molar-refractivity contribution in [1.29, 1.82) is 0 Å². The van der Waals surface area contributed by atoms with Gasteiger partial charge in [0.2, 0.25) is 0 Å². The fourth-order valence-corrected chi connectivity index (χ4v) is 1.81. The zero-order valence-electron chi connectivity index (χ0n) is 10.6. The molecule has 0 saturated heterocycles. The van der Waals surface area contributed by atoms with Crippen LogP contribution in [0.25, 0.3) is 11.4 Å². The van der Waals surface area contributed by atoms with Gasteiger partial charge in [0, 0.05) is 24.0 Å². The van der Waals surface area contributed by atoms with Crippen molar-refractivity contribution in [1.82, 2.24) is 15.3 Å². The minimum atomic E-state index is 0.570. The lowest BCUT2D eigenvalue weighted by molar-refractivity contribution is 0.797. The van der Waals surface area contributed by atoms with Crippen LogP contribution in [-0.4, -0.2) is 17.0 Å². The van der Waals surface area contributed by atoms with Crippen LogP contribution in [0.1, 0.15) is 31.0 Å². The fraction of sp³-hybridized carbons (Fsp3) is 0.357. The summed E-state index contributed by atoms with van der Waals surface area (Å²) in [6.45, 7) is 5.22. The second-order valence-electron chi connectivity index (χ2n) is 4.56. The van der Waals surface area contributed by atoms with Crippen LogP contribution in [0.4, 0.5) is 0 Å². The summed E-state index contributed by atoms with van der Waals surface area (Å²) in [6.07, 6.45) is 1.88. The molecule has 0 bridgehead atoms. The molecule has 0 spiro atoms. The Balaban J connectivity index is 2.21. The summed E-state index contributed by atoms with van der Waals surface area (Å²) in [7, 11) is 1.93. The van der Waals surface area contributed by atoms with E-state index in [0.29, 0.717) is 5.92 Å². The molecule has 0 aliphatic carbocycles. The molecule has 0 fully saturated rings. The molecule has 0 aliphatic rings. The lowest BCUT2D eigenvalue weighted by atomic mass is 10.0. The van der Waals surface area contributed by atoms with E-state index in [1.165, 1.54) is 5.56 Å². The van der Waals surface area contributed by atoms with Crippen molar-refractivity contribution < 1.29 is 0 Å². The van der Waals surface area contributed by atoms with Gasteiger partial charge < -0.3 is 10.3 Å². The summed E-state index contributed by atoms with van der Waals surface area (Å²) < 4.78 is 0. The summed E-state index contributed by atoms with van der Waals surface area (Å²) in [6, 6.07) is 8.58. The molecule has 0 unspecified atom stereocenters. The molecule has 1 aromatic carbocycles. The summed E-state index contributed by atoms with van der Waals surface area (Å²) in [5.41, 5.74) is 3.60. The van der Waals surface area contributed by atoms with Crippen LogP contribution in [0.5, 0.6) is 0 Å². The van der Waals surface area contributed by atoms with Gasteiger partial charge in [0.05, 0.1) is 0 Å². The van der Waals surface area contributed by atoms with Gasteiger partial charge >= 0.3 is 0 Å². The summed E-state index contributed by atoms with van der Waals surface area (Å²) in [5.74, 6) is 1.51. The predicted octanol–water partition coefficient (Wildman–Crippen LogP) is 2.92. The standard InChI is InChI=1S/C14H19N3/c1-10(2)11-4-6-12(7-5-11)14-16-9-13(17-14)8-15-3/h4-7,9-10,15H,8H2,1-3H3,(H,16,17). The molecule has 17 heavy (non-hydrogen) atoms. The highest BCUT2D eigenvalue weighted by atomic mass is 14.9. The third-order valence-electron chi connectivity index (χ3n) is 2.85. The molecular weight excluding hydrogens is 210 g/mol. The maximum absolute atomic E-state index is 4.38. The highest BCUT2D eigenvalue weighted by Gasteiger charge is 2.04. The highest BCUT2D eigenvalue weighted by Crippen LogP contribution is 2.20. The Morgan fingerprint density at radius 1 is 1.24 bits per heavy atom. The van der Waals surface area contributed by atoms with Crippen molar-refractivity contribution in [2.75, 3.05) is 7.05 Å². The smallest absolute Gasteiger partial charge is 0.137 e. The Kier molecular flexibility index (Phi) is 3.59. The van der Waals surface area contributed by atoms with Crippen LogP contribution >= 0.6 is 0 Å². The van der Waals surface area contributed by atoms with E-state index in [1.54, 1.807) is 0 Å². The van der Waals surface area contributed by atoms with Crippen LogP contribution in [0.3, 0.4) is 0 Å². The number of aromatic amines is 1. The van der Waals surface area contributed by atoms with Crippen molar-refractivity contribution in [3.8, 4) is 11.4 Å². The Labute approximate surface area is 102 Å². The minimum absolute atomic E-state index is 0.570. The van der Waals surface area contributed by atoms with Crippen molar-refractivity contribution in [3.63, 3.8) is 0 Å². The first-order chi connectivity index (χ1) is 8.20. The summed E-state index contributed by atoms with van der Waals surface area (Å²) >= 11 is 0. The number of benzene rings is 1. The molecule has 0 atom stereocenters. The van der Waals surface area contributed by atoms with Crippen molar-refractivity contribution in [2.24, 2.45) is 0 Å². The molecule has 0 saturated carbocycles. The molecule has 2 rings (SSSR count). The van der Waals surface area contributed by atoms with Gasteiger partial charge in [-0.2, -0.15) is 0 Å². The van der Waals surface area contributed by atoms with Gasteiger partial charge in [0.15, 0.2) is 0 Å². The number of hydrogen-bond donors (Lipinski definition) is 2. The summed E-state index contributed by atoms with van der Waals surface area (Å²) in [5, 5.41) is 3.10. The number of nitrogens with zero attached hydrogens (tertiary/aromatic N) is 1. The van der Waals surface area contributed by atoms with Gasteiger partial charge in [-0.25, -0.2) is 4.98 Å². The number of aromatic nitrogens is 2. The SMILES string of the molecule is CNCc1cnc(-c2ccc(C(C)C)cc2)[nH]1. The predicted molar refractivity (Wildman–Crippen MR) is 70.9 cm³/mol. The Morgan fingerprint density at radius 2 is 1.94 bits per heavy atom. The van der Waals surface area contributed by atoms with E-state index in [9.17, 15) is 0 Å². The first kappa shape index (κ1) is 11.9. The monoisotopic (exact) mass is 229 g/mol. The van der Waals surface area contributed by atoms with E-state index >= 15 is 0 Å². The molecule has 0 amide bonds. The zero-order chi connectivity index (χ0) is 12.3. The average Bonchev–Trinajstić information content (AvgIpc) is 2.78. The van der Waals surface area contributed by atoms with Gasteiger partial charge in [-0.1, -0.05) is 38.1 Å². The normalized spacial score (nSPS) is 11.1. The molecule has 3 heteroatoms. The van der Waals surface area contributed by atoms with Crippen LogP contribution in [-0.2, 0) is 6.54 Å². The first-order valence-electron chi connectivity index (χ1n) is 5.99. The minimum Gasteiger partial charge on any atom is -0.341 e. The Morgan fingerprint density at radius 3 is 2.53 bits per heavy atom. The van der Waals surface area contributed by atoms with Crippen molar-refractivity contribution in [3.05, 3.63) is 41.7 Å². The molecule has 1 aromatic heterocycles. The number of nitrogens with one attached hydrogen (secondary N) is 2. The van der Waals surface area contributed by atoms with Gasteiger partial charge in [-0.15, -0.1) is 0 Å². The average molecular weight is 229 g/mol. The van der Waals surface area contributed by atoms with Crippen LogP contribution < -0.4 is 5.32 Å². The van der Waals surface area contributed by atoms with Gasteiger partial charge in [-0.05, 0) is 18.5 Å². The molecule has 2 aromatic rings. The van der Waals surface area contributed by atoms with E-state index in [1.807, 2.05) is 13.2 Å².